The summed E-state index contributed by atoms with van der Waals surface area (Å²) < 4.78 is 14.9. The predicted molar refractivity (Wildman–Crippen MR) is 80.3 cm³/mol. The first-order valence-corrected chi connectivity index (χ1v) is 7.09. The molecule has 0 saturated heterocycles. The van der Waals surface area contributed by atoms with Crippen LogP contribution in [0.1, 0.15) is 11.1 Å². The third kappa shape index (κ3) is 3.12. The molecule has 0 fully saturated rings. The van der Waals surface area contributed by atoms with Crippen LogP contribution in [0.2, 0.25) is 0 Å². The predicted octanol–water partition coefficient (Wildman–Crippen LogP) is 5.27. The Labute approximate surface area is 123 Å². The zero-order valence-electron chi connectivity index (χ0n) is 9.81. The largest absolute Gasteiger partial charge is 0.380 e. The lowest BCUT2D eigenvalue weighted by Crippen LogP contribution is -2.01. The van der Waals surface area contributed by atoms with Gasteiger partial charge in [-0.3, -0.25) is 0 Å². The molecule has 4 heteroatoms. The first-order valence-electron chi connectivity index (χ1n) is 5.51. The van der Waals surface area contributed by atoms with Crippen molar-refractivity contribution >= 4 is 37.5 Å². The van der Waals surface area contributed by atoms with Gasteiger partial charge in [-0.25, -0.2) is 4.39 Å². The van der Waals surface area contributed by atoms with E-state index in [0.717, 1.165) is 15.7 Å². The molecule has 0 bridgehead atoms. The highest BCUT2D eigenvalue weighted by atomic mass is 79.9. The van der Waals surface area contributed by atoms with Gasteiger partial charge in [-0.2, -0.15) is 0 Å². The summed E-state index contributed by atoms with van der Waals surface area (Å²) >= 11 is 6.76. The van der Waals surface area contributed by atoms with Crippen LogP contribution in [0.5, 0.6) is 0 Å². The summed E-state index contributed by atoms with van der Waals surface area (Å²) in [4.78, 5) is 0. The van der Waals surface area contributed by atoms with Gasteiger partial charge in [0, 0.05) is 16.7 Å². The van der Waals surface area contributed by atoms with E-state index in [1.165, 1.54) is 11.6 Å². The molecule has 1 N–H and O–H groups in total. The molecule has 0 unspecified atom stereocenters. The van der Waals surface area contributed by atoms with Crippen LogP contribution in [-0.4, -0.2) is 0 Å². The summed E-state index contributed by atoms with van der Waals surface area (Å²) in [5.41, 5.74) is 3.08. The van der Waals surface area contributed by atoms with Crippen LogP contribution in [0, 0.1) is 12.7 Å². The normalized spacial score (nSPS) is 10.4. The van der Waals surface area contributed by atoms with Crippen LogP contribution >= 0.6 is 31.9 Å². The summed E-state index contributed by atoms with van der Waals surface area (Å²) in [7, 11) is 0. The minimum atomic E-state index is -0.239. The first kappa shape index (κ1) is 13.6. The Morgan fingerprint density at radius 3 is 2.67 bits per heavy atom. The maximum absolute atomic E-state index is 13.4. The molecule has 0 aliphatic rings. The average Bonchev–Trinajstić information content (AvgIpc) is 2.33. The second-order valence-electron chi connectivity index (χ2n) is 4.05. The van der Waals surface area contributed by atoms with E-state index in [2.05, 4.69) is 37.2 Å². The van der Waals surface area contributed by atoms with Crippen molar-refractivity contribution in [3.05, 3.63) is 62.3 Å². The monoisotopic (exact) mass is 371 g/mol. The molecule has 0 aliphatic heterocycles. The van der Waals surface area contributed by atoms with Crippen LogP contribution in [0.4, 0.5) is 10.1 Å². The Morgan fingerprint density at radius 2 is 1.94 bits per heavy atom. The fourth-order valence-electron chi connectivity index (χ4n) is 1.64. The van der Waals surface area contributed by atoms with E-state index in [0.29, 0.717) is 11.0 Å². The van der Waals surface area contributed by atoms with Crippen LogP contribution in [0.15, 0.2) is 45.3 Å². The molecular weight excluding hydrogens is 361 g/mol. The van der Waals surface area contributed by atoms with E-state index < -0.39 is 0 Å². The topological polar surface area (TPSA) is 12.0 Å². The minimum Gasteiger partial charge on any atom is -0.380 e. The van der Waals surface area contributed by atoms with Gasteiger partial charge in [-0.05, 0) is 68.1 Å². The fraction of sp³-hybridized carbons (Fsp3) is 0.143. The Balaban J connectivity index is 2.14. The van der Waals surface area contributed by atoms with Gasteiger partial charge in [0.05, 0.1) is 4.47 Å². The van der Waals surface area contributed by atoms with Gasteiger partial charge in [0.25, 0.3) is 0 Å². The van der Waals surface area contributed by atoms with Crippen LogP contribution in [-0.2, 0) is 6.54 Å². The van der Waals surface area contributed by atoms with Crippen molar-refractivity contribution in [3.8, 4) is 0 Å². The highest BCUT2D eigenvalue weighted by molar-refractivity contribution is 9.11. The molecule has 2 aromatic rings. The molecule has 0 spiro atoms. The molecule has 0 aliphatic carbocycles. The van der Waals surface area contributed by atoms with Crippen LogP contribution in [0.3, 0.4) is 0 Å². The summed E-state index contributed by atoms with van der Waals surface area (Å²) in [5, 5.41) is 3.28. The van der Waals surface area contributed by atoms with E-state index in [1.807, 2.05) is 31.2 Å². The number of benzene rings is 2. The van der Waals surface area contributed by atoms with Gasteiger partial charge in [0.2, 0.25) is 0 Å². The number of hydrogen-bond acceptors (Lipinski definition) is 1. The van der Waals surface area contributed by atoms with E-state index in [-0.39, 0.29) is 5.82 Å². The maximum Gasteiger partial charge on any atom is 0.137 e. The van der Waals surface area contributed by atoms with Crippen molar-refractivity contribution in [2.75, 3.05) is 5.32 Å². The zero-order valence-corrected chi connectivity index (χ0v) is 13.0. The molecule has 0 aromatic heterocycles. The van der Waals surface area contributed by atoms with Gasteiger partial charge >= 0.3 is 0 Å². The van der Waals surface area contributed by atoms with Gasteiger partial charge in [-0.1, -0.05) is 18.2 Å². The van der Waals surface area contributed by atoms with Crippen molar-refractivity contribution < 1.29 is 4.39 Å². The first-order chi connectivity index (χ1) is 8.58. The van der Waals surface area contributed by atoms with Gasteiger partial charge in [0.1, 0.15) is 5.82 Å². The Hall–Kier alpha value is -0.870. The molecule has 0 radical (unpaired) electrons. The molecule has 94 valence electrons. The van der Waals surface area contributed by atoms with Crippen molar-refractivity contribution in [3.63, 3.8) is 0 Å². The lowest BCUT2D eigenvalue weighted by molar-refractivity contribution is 0.618. The minimum absolute atomic E-state index is 0.239. The van der Waals surface area contributed by atoms with E-state index in [9.17, 15) is 4.39 Å². The van der Waals surface area contributed by atoms with Crippen molar-refractivity contribution in [2.24, 2.45) is 0 Å². The van der Waals surface area contributed by atoms with Gasteiger partial charge < -0.3 is 5.32 Å². The highest BCUT2D eigenvalue weighted by Crippen LogP contribution is 2.26. The Kier molecular flexibility index (Phi) is 4.40. The molecule has 1 nitrogen and oxygen atoms in total. The average molecular weight is 373 g/mol. The lowest BCUT2D eigenvalue weighted by Gasteiger charge is -2.10. The number of halogens is 3. The number of anilines is 1. The lowest BCUT2D eigenvalue weighted by atomic mass is 10.2. The summed E-state index contributed by atoms with van der Waals surface area (Å²) in [6.07, 6.45) is 0. The number of aryl methyl sites for hydroxylation is 1. The number of nitrogens with one attached hydrogen (secondary N) is 1. The Bertz CT molecular complexity index is 570. The standard InChI is InChI=1S/C14H12Br2FN/c1-9-5-6-13(11(15)7-9)18-8-10-3-2-4-12(17)14(10)16/h2-7,18H,8H2,1H3. The summed E-state index contributed by atoms with van der Waals surface area (Å²) in [6, 6.07) is 11.1. The van der Waals surface area contributed by atoms with Gasteiger partial charge in [0.15, 0.2) is 0 Å². The molecule has 18 heavy (non-hydrogen) atoms. The smallest absolute Gasteiger partial charge is 0.137 e. The third-order valence-corrected chi connectivity index (χ3v) is 4.17. The van der Waals surface area contributed by atoms with E-state index in [1.54, 1.807) is 6.07 Å². The third-order valence-electron chi connectivity index (χ3n) is 2.63. The molecule has 0 saturated carbocycles. The molecule has 2 aromatic carbocycles. The fourth-order valence-corrected chi connectivity index (χ4v) is 2.68. The Morgan fingerprint density at radius 1 is 1.17 bits per heavy atom. The van der Waals surface area contributed by atoms with E-state index in [4.69, 9.17) is 0 Å². The molecule has 0 amide bonds. The number of hydrogen-bond donors (Lipinski definition) is 1. The van der Waals surface area contributed by atoms with Crippen molar-refractivity contribution in [2.45, 2.75) is 13.5 Å². The molecular formula is C14H12Br2FN. The number of rotatable bonds is 3. The summed E-state index contributed by atoms with van der Waals surface area (Å²) in [5.74, 6) is -0.239. The zero-order chi connectivity index (χ0) is 13.1. The molecule has 0 heterocycles. The van der Waals surface area contributed by atoms with Crippen molar-refractivity contribution in [1.29, 1.82) is 0 Å². The molecule has 2 rings (SSSR count). The second-order valence-corrected chi connectivity index (χ2v) is 5.70. The van der Waals surface area contributed by atoms with Crippen LogP contribution in [0.25, 0.3) is 0 Å². The van der Waals surface area contributed by atoms with Gasteiger partial charge in [-0.15, -0.1) is 0 Å². The molecule has 0 atom stereocenters. The van der Waals surface area contributed by atoms with Crippen LogP contribution < -0.4 is 5.32 Å². The maximum atomic E-state index is 13.4. The van der Waals surface area contributed by atoms with E-state index >= 15 is 0 Å². The second kappa shape index (κ2) is 5.85. The quantitative estimate of drug-likeness (QED) is 0.773. The van der Waals surface area contributed by atoms with Crippen molar-refractivity contribution in [1.82, 2.24) is 0 Å². The summed E-state index contributed by atoms with van der Waals surface area (Å²) in [6.45, 7) is 2.61. The highest BCUT2D eigenvalue weighted by Gasteiger charge is 2.05. The SMILES string of the molecule is Cc1ccc(NCc2cccc(F)c2Br)c(Br)c1.